The van der Waals surface area contributed by atoms with E-state index in [1.54, 1.807) is 12.4 Å². The van der Waals surface area contributed by atoms with Crippen LogP contribution in [0.3, 0.4) is 0 Å². The number of hydrogen-bond donors (Lipinski definition) is 1. The van der Waals surface area contributed by atoms with Crippen LogP contribution < -0.4 is 5.32 Å². The number of nitrogens with zero attached hydrogens (tertiary/aromatic N) is 2. The molecule has 0 spiro atoms. The molecule has 1 atom stereocenters. The van der Waals surface area contributed by atoms with Crippen LogP contribution in [0.25, 0.3) is 0 Å². The van der Waals surface area contributed by atoms with Crippen LogP contribution in [0.5, 0.6) is 0 Å². The van der Waals surface area contributed by atoms with Crippen LogP contribution >= 0.6 is 0 Å². The molecule has 1 heterocycles. The first-order valence-electron chi connectivity index (χ1n) is 7.50. The summed E-state index contributed by atoms with van der Waals surface area (Å²) in [6, 6.07) is 9.51. The van der Waals surface area contributed by atoms with Gasteiger partial charge in [-0.2, -0.15) is 0 Å². The van der Waals surface area contributed by atoms with Crippen LogP contribution in [0.1, 0.15) is 29.7 Å². The highest BCUT2D eigenvalue weighted by Gasteiger charge is 2.24. The molecule has 0 saturated heterocycles. The number of para-hydroxylation sites is 1. The Balaban J connectivity index is 2.31. The lowest BCUT2D eigenvalue weighted by Crippen LogP contribution is -2.32. The van der Waals surface area contributed by atoms with Crippen LogP contribution in [-0.2, 0) is 11.2 Å². The van der Waals surface area contributed by atoms with Gasteiger partial charge < -0.3 is 5.32 Å². The maximum Gasteiger partial charge on any atom is 0.246 e. The van der Waals surface area contributed by atoms with E-state index in [2.05, 4.69) is 23.3 Å². The van der Waals surface area contributed by atoms with Crippen molar-refractivity contribution in [3.8, 4) is 0 Å². The van der Waals surface area contributed by atoms with Gasteiger partial charge in [-0.1, -0.05) is 31.2 Å². The first-order chi connectivity index (χ1) is 10.5. The van der Waals surface area contributed by atoms with Crippen molar-refractivity contribution in [3.05, 3.63) is 59.4 Å². The molecule has 1 N–H and O–H groups in total. The molecule has 0 radical (unpaired) electrons. The molecule has 1 amide bonds. The summed E-state index contributed by atoms with van der Waals surface area (Å²) in [5, 5.41) is 3.10. The van der Waals surface area contributed by atoms with E-state index in [9.17, 15) is 4.79 Å². The number of carbonyl (C=O) groups excluding carboxylic acids is 1. The molecule has 4 nitrogen and oxygen atoms in total. The second-order valence-corrected chi connectivity index (χ2v) is 5.60. The summed E-state index contributed by atoms with van der Waals surface area (Å²) in [4.78, 5) is 18.8. The first-order valence-corrected chi connectivity index (χ1v) is 7.50. The summed E-state index contributed by atoms with van der Waals surface area (Å²) >= 11 is 0. The molecule has 116 valence electrons. The van der Waals surface area contributed by atoms with Gasteiger partial charge in [-0.05, 0) is 50.2 Å². The Morgan fingerprint density at radius 3 is 2.64 bits per heavy atom. The minimum Gasteiger partial charge on any atom is -0.324 e. The fraction of sp³-hybridized carbons (Fsp3) is 0.333. The Morgan fingerprint density at radius 1 is 1.27 bits per heavy atom. The summed E-state index contributed by atoms with van der Waals surface area (Å²) < 4.78 is 0. The van der Waals surface area contributed by atoms with Crippen LogP contribution in [0, 0.1) is 6.92 Å². The molecule has 0 bridgehead atoms. The zero-order valence-electron chi connectivity index (χ0n) is 13.6. The van der Waals surface area contributed by atoms with Crippen molar-refractivity contribution in [3.63, 3.8) is 0 Å². The fourth-order valence-electron chi connectivity index (χ4n) is 2.62. The molecule has 0 aliphatic rings. The van der Waals surface area contributed by atoms with E-state index < -0.39 is 0 Å². The number of nitrogens with one attached hydrogen (secondary N) is 1. The molecule has 2 rings (SSSR count). The quantitative estimate of drug-likeness (QED) is 0.922. The van der Waals surface area contributed by atoms with Gasteiger partial charge in [-0.3, -0.25) is 14.7 Å². The highest BCUT2D eigenvalue weighted by Crippen LogP contribution is 2.24. The summed E-state index contributed by atoms with van der Waals surface area (Å²) in [6.07, 6.45) is 4.34. The lowest BCUT2D eigenvalue weighted by molar-refractivity contribution is -0.120. The van der Waals surface area contributed by atoms with Crippen molar-refractivity contribution < 1.29 is 4.79 Å². The molecule has 0 aliphatic heterocycles. The minimum absolute atomic E-state index is 0.0398. The number of anilines is 1. The van der Waals surface area contributed by atoms with Crippen molar-refractivity contribution in [2.24, 2.45) is 0 Å². The maximum atomic E-state index is 12.8. The number of pyridine rings is 1. The largest absolute Gasteiger partial charge is 0.324 e. The summed E-state index contributed by atoms with van der Waals surface area (Å²) in [5.41, 5.74) is 4.04. The van der Waals surface area contributed by atoms with E-state index in [0.29, 0.717) is 0 Å². The van der Waals surface area contributed by atoms with Crippen molar-refractivity contribution in [2.75, 3.05) is 19.4 Å². The molecule has 0 saturated carbocycles. The third kappa shape index (κ3) is 3.52. The molecular weight excluding hydrogens is 274 g/mol. The predicted octanol–water partition coefficient (Wildman–Crippen LogP) is 3.19. The van der Waals surface area contributed by atoms with Gasteiger partial charge >= 0.3 is 0 Å². The molecule has 1 unspecified atom stereocenters. The second-order valence-electron chi connectivity index (χ2n) is 5.60. The summed E-state index contributed by atoms with van der Waals surface area (Å²) in [6.45, 7) is 4.11. The molecule has 4 heteroatoms. The molecular formula is C18H23N3O. The average molecular weight is 297 g/mol. The third-order valence-electron chi connectivity index (χ3n) is 3.75. The maximum absolute atomic E-state index is 12.8. The van der Waals surface area contributed by atoms with Crippen LogP contribution in [0.4, 0.5) is 5.69 Å². The molecule has 0 fully saturated rings. The SMILES string of the molecule is CCc1cccc(C)c1NC(=O)C(c1cccnc1)N(C)C. The topological polar surface area (TPSA) is 45.2 Å². The van der Waals surface area contributed by atoms with Gasteiger partial charge in [0.1, 0.15) is 6.04 Å². The van der Waals surface area contributed by atoms with Crippen LogP contribution in [0.15, 0.2) is 42.7 Å². The average Bonchev–Trinajstić information content (AvgIpc) is 2.50. The van der Waals surface area contributed by atoms with Crippen LogP contribution in [0.2, 0.25) is 0 Å². The van der Waals surface area contributed by atoms with E-state index in [-0.39, 0.29) is 11.9 Å². The number of likely N-dealkylation sites (N-methyl/N-ethyl adjacent to an activating group) is 1. The number of hydrogen-bond acceptors (Lipinski definition) is 3. The molecule has 2 aromatic rings. The molecule has 1 aromatic carbocycles. The van der Waals surface area contributed by atoms with E-state index in [4.69, 9.17) is 0 Å². The minimum atomic E-state index is -0.363. The van der Waals surface area contributed by atoms with Gasteiger partial charge in [-0.25, -0.2) is 0 Å². The summed E-state index contributed by atoms with van der Waals surface area (Å²) in [5.74, 6) is -0.0398. The number of carbonyl (C=O) groups is 1. The molecule has 22 heavy (non-hydrogen) atoms. The zero-order valence-corrected chi connectivity index (χ0v) is 13.6. The third-order valence-corrected chi connectivity index (χ3v) is 3.75. The lowest BCUT2D eigenvalue weighted by Gasteiger charge is -2.24. The van der Waals surface area contributed by atoms with Crippen molar-refractivity contribution in [1.29, 1.82) is 0 Å². The fourth-order valence-corrected chi connectivity index (χ4v) is 2.62. The highest BCUT2D eigenvalue weighted by atomic mass is 16.2. The van der Waals surface area contributed by atoms with Gasteiger partial charge in [0.15, 0.2) is 0 Å². The van der Waals surface area contributed by atoms with Gasteiger partial charge in [0.25, 0.3) is 0 Å². The van der Waals surface area contributed by atoms with Crippen molar-refractivity contribution in [2.45, 2.75) is 26.3 Å². The standard InChI is InChI=1S/C18H23N3O/c1-5-14-9-6-8-13(2)16(14)20-18(22)17(21(3)4)15-10-7-11-19-12-15/h6-12,17H,5H2,1-4H3,(H,20,22). The highest BCUT2D eigenvalue weighted by molar-refractivity contribution is 5.96. The smallest absolute Gasteiger partial charge is 0.246 e. The van der Waals surface area contributed by atoms with Gasteiger partial charge in [0.05, 0.1) is 0 Å². The summed E-state index contributed by atoms with van der Waals surface area (Å²) in [7, 11) is 3.80. The number of aromatic nitrogens is 1. The van der Waals surface area contributed by atoms with E-state index in [1.165, 1.54) is 0 Å². The molecule has 0 aliphatic carbocycles. The Bertz CT molecular complexity index is 638. The number of benzene rings is 1. The predicted molar refractivity (Wildman–Crippen MR) is 89.9 cm³/mol. The Labute approximate surface area is 132 Å². The number of aryl methyl sites for hydroxylation is 2. The first kappa shape index (κ1) is 16.2. The van der Waals surface area contributed by atoms with Gasteiger partial charge in [0, 0.05) is 18.1 Å². The zero-order chi connectivity index (χ0) is 16.1. The number of amides is 1. The van der Waals surface area contributed by atoms with Crippen LogP contribution in [-0.4, -0.2) is 29.9 Å². The van der Waals surface area contributed by atoms with Gasteiger partial charge in [-0.15, -0.1) is 0 Å². The Kier molecular flexibility index (Phi) is 5.28. The Morgan fingerprint density at radius 2 is 2.05 bits per heavy atom. The lowest BCUT2D eigenvalue weighted by atomic mass is 10.0. The molecule has 1 aromatic heterocycles. The van der Waals surface area contributed by atoms with E-state index in [1.807, 2.05) is 50.2 Å². The normalized spacial score (nSPS) is 12.2. The van der Waals surface area contributed by atoms with E-state index >= 15 is 0 Å². The second kappa shape index (κ2) is 7.18. The van der Waals surface area contributed by atoms with E-state index in [0.717, 1.165) is 28.8 Å². The van der Waals surface area contributed by atoms with Crippen molar-refractivity contribution in [1.82, 2.24) is 9.88 Å². The monoisotopic (exact) mass is 297 g/mol. The van der Waals surface area contributed by atoms with Crippen molar-refractivity contribution >= 4 is 11.6 Å². The number of rotatable bonds is 5. The van der Waals surface area contributed by atoms with Gasteiger partial charge in [0.2, 0.25) is 5.91 Å². The Hall–Kier alpha value is -2.20.